The molecule has 2 N–H and O–H groups in total. The van der Waals surface area contributed by atoms with Gasteiger partial charge in [-0.05, 0) is 35.9 Å². The predicted octanol–water partition coefficient (Wildman–Crippen LogP) is 4.22. The molecule has 0 saturated heterocycles. The van der Waals surface area contributed by atoms with Gasteiger partial charge in [0.2, 0.25) is 0 Å². The van der Waals surface area contributed by atoms with Gasteiger partial charge in [-0.2, -0.15) is 0 Å². The van der Waals surface area contributed by atoms with Gasteiger partial charge in [0.05, 0.1) is 5.69 Å². The zero-order chi connectivity index (χ0) is 13.0. The second-order valence-corrected chi connectivity index (χ2v) is 4.76. The molecule has 0 saturated carbocycles. The third-order valence-corrected chi connectivity index (χ3v) is 2.87. The number of amidine groups is 1. The van der Waals surface area contributed by atoms with Crippen LogP contribution < -0.4 is 5.73 Å². The van der Waals surface area contributed by atoms with Gasteiger partial charge in [0.15, 0.2) is 0 Å². The molecule has 0 spiro atoms. The summed E-state index contributed by atoms with van der Waals surface area (Å²) < 4.78 is 0. The highest BCUT2D eigenvalue weighted by Gasteiger charge is 1.98. The molecule has 0 aromatic heterocycles. The summed E-state index contributed by atoms with van der Waals surface area (Å²) in [7, 11) is 0. The Hall–Kier alpha value is -1.51. The van der Waals surface area contributed by atoms with E-state index in [-0.39, 0.29) is 0 Å². The van der Waals surface area contributed by atoms with E-state index in [0.717, 1.165) is 11.3 Å². The molecule has 0 amide bonds. The lowest BCUT2D eigenvalue weighted by atomic mass is 10.1. The van der Waals surface area contributed by atoms with Crippen molar-refractivity contribution >= 4 is 34.7 Å². The fourth-order valence-corrected chi connectivity index (χ4v) is 1.87. The van der Waals surface area contributed by atoms with Crippen LogP contribution in [0.1, 0.15) is 5.56 Å². The largest absolute Gasteiger partial charge is 0.387 e. The Balaban J connectivity index is 2.12. The molecule has 0 unspecified atom stereocenters. The fraction of sp³-hybridized carbons (Fsp3) is 0.0714. The second-order valence-electron chi connectivity index (χ2n) is 3.89. The van der Waals surface area contributed by atoms with E-state index < -0.39 is 0 Å². The maximum Gasteiger partial charge on any atom is 0.104 e. The number of benzene rings is 2. The predicted molar refractivity (Wildman–Crippen MR) is 77.9 cm³/mol. The summed E-state index contributed by atoms with van der Waals surface area (Å²) in [4.78, 5) is 4.31. The van der Waals surface area contributed by atoms with Gasteiger partial charge in [0.25, 0.3) is 0 Å². The zero-order valence-electron chi connectivity index (χ0n) is 9.61. The molecule has 2 nitrogen and oxygen atoms in total. The summed E-state index contributed by atoms with van der Waals surface area (Å²) in [6, 6.07) is 14.8. The van der Waals surface area contributed by atoms with Gasteiger partial charge in [-0.25, -0.2) is 4.99 Å². The molecule has 18 heavy (non-hydrogen) atoms. The standard InChI is InChI=1S/C14H12Cl2N2/c15-11-6-4-10(5-7-11)8-14(17)18-13-3-1-2-12(16)9-13/h1-7,9H,8H2,(H2,17,18). The first-order chi connectivity index (χ1) is 8.63. The van der Waals surface area contributed by atoms with Gasteiger partial charge in [0.1, 0.15) is 5.84 Å². The van der Waals surface area contributed by atoms with Crippen molar-refractivity contribution in [1.29, 1.82) is 0 Å². The molecule has 92 valence electrons. The first-order valence-corrected chi connectivity index (χ1v) is 6.22. The number of hydrogen-bond acceptors (Lipinski definition) is 1. The van der Waals surface area contributed by atoms with Gasteiger partial charge in [-0.1, -0.05) is 41.4 Å². The lowest BCUT2D eigenvalue weighted by Gasteiger charge is -2.02. The van der Waals surface area contributed by atoms with Crippen molar-refractivity contribution < 1.29 is 0 Å². The highest BCUT2D eigenvalue weighted by molar-refractivity contribution is 6.31. The van der Waals surface area contributed by atoms with Crippen LogP contribution in [0.2, 0.25) is 10.0 Å². The molecule has 4 heteroatoms. The molecule has 0 fully saturated rings. The Bertz CT molecular complexity index is 562. The van der Waals surface area contributed by atoms with Gasteiger partial charge >= 0.3 is 0 Å². The molecule has 0 aliphatic rings. The van der Waals surface area contributed by atoms with Crippen LogP contribution in [0, 0.1) is 0 Å². The highest BCUT2D eigenvalue weighted by atomic mass is 35.5. The van der Waals surface area contributed by atoms with Gasteiger partial charge in [0, 0.05) is 16.5 Å². The van der Waals surface area contributed by atoms with E-state index in [1.165, 1.54) is 0 Å². The lowest BCUT2D eigenvalue weighted by Crippen LogP contribution is -2.14. The lowest BCUT2D eigenvalue weighted by molar-refractivity contribution is 1.27. The number of hydrogen-bond donors (Lipinski definition) is 1. The average Bonchev–Trinajstić information content (AvgIpc) is 2.32. The normalized spacial score (nSPS) is 11.6. The summed E-state index contributed by atoms with van der Waals surface area (Å²) in [6.45, 7) is 0. The van der Waals surface area contributed by atoms with Crippen LogP contribution in [-0.2, 0) is 6.42 Å². The first kappa shape index (κ1) is 12.9. The minimum absolute atomic E-state index is 0.541. The van der Waals surface area contributed by atoms with Gasteiger partial charge in [-0.15, -0.1) is 0 Å². The van der Waals surface area contributed by atoms with E-state index >= 15 is 0 Å². The van der Waals surface area contributed by atoms with Crippen LogP contribution in [0.4, 0.5) is 5.69 Å². The van der Waals surface area contributed by atoms with Crippen LogP contribution in [0.25, 0.3) is 0 Å². The summed E-state index contributed by atoms with van der Waals surface area (Å²) in [5.41, 5.74) is 7.73. The Morgan fingerprint density at radius 3 is 2.39 bits per heavy atom. The quantitative estimate of drug-likeness (QED) is 0.662. The number of aliphatic imine (C=N–C) groups is 1. The van der Waals surface area contributed by atoms with E-state index in [1.807, 2.05) is 36.4 Å². The minimum atomic E-state index is 0.541. The Morgan fingerprint density at radius 2 is 1.72 bits per heavy atom. The molecule has 0 radical (unpaired) electrons. The summed E-state index contributed by atoms with van der Waals surface area (Å²) in [5, 5.41) is 1.36. The second kappa shape index (κ2) is 5.89. The van der Waals surface area contributed by atoms with Crippen LogP contribution in [0.15, 0.2) is 53.5 Å². The van der Waals surface area contributed by atoms with Crippen molar-refractivity contribution in [2.24, 2.45) is 10.7 Å². The molecule has 0 aliphatic heterocycles. The molecular weight excluding hydrogens is 267 g/mol. The van der Waals surface area contributed by atoms with E-state index in [9.17, 15) is 0 Å². The summed E-state index contributed by atoms with van der Waals surface area (Å²) >= 11 is 11.7. The molecule has 2 aromatic carbocycles. The van der Waals surface area contributed by atoms with Crippen molar-refractivity contribution in [2.45, 2.75) is 6.42 Å². The van der Waals surface area contributed by atoms with E-state index in [1.54, 1.807) is 12.1 Å². The molecule has 2 rings (SSSR count). The van der Waals surface area contributed by atoms with Crippen LogP contribution in [0.5, 0.6) is 0 Å². The van der Waals surface area contributed by atoms with Crippen LogP contribution >= 0.6 is 23.2 Å². The topological polar surface area (TPSA) is 38.4 Å². The zero-order valence-corrected chi connectivity index (χ0v) is 11.1. The molecular formula is C14H12Cl2N2. The minimum Gasteiger partial charge on any atom is -0.387 e. The third-order valence-electron chi connectivity index (χ3n) is 2.38. The highest BCUT2D eigenvalue weighted by Crippen LogP contribution is 2.18. The Morgan fingerprint density at radius 1 is 1.00 bits per heavy atom. The molecule has 2 aromatic rings. The number of halogens is 2. The maximum atomic E-state index is 5.90. The Labute approximate surface area is 116 Å². The van der Waals surface area contributed by atoms with E-state index in [2.05, 4.69) is 4.99 Å². The maximum absolute atomic E-state index is 5.90. The third kappa shape index (κ3) is 3.76. The number of rotatable bonds is 3. The molecule has 0 bridgehead atoms. The van der Waals surface area contributed by atoms with Crippen molar-refractivity contribution in [3.63, 3.8) is 0 Å². The van der Waals surface area contributed by atoms with Gasteiger partial charge in [-0.3, -0.25) is 0 Å². The van der Waals surface area contributed by atoms with Crippen molar-refractivity contribution in [2.75, 3.05) is 0 Å². The van der Waals surface area contributed by atoms with Crippen LogP contribution in [-0.4, -0.2) is 5.84 Å². The van der Waals surface area contributed by atoms with Crippen molar-refractivity contribution in [3.8, 4) is 0 Å². The SMILES string of the molecule is NC(Cc1ccc(Cl)cc1)=Nc1cccc(Cl)c1. The first-order valence-electron chi connectivity index (χ1n) is 5.46. The average molecular weight is 279 g/mol. The summed E-state index contributed by atoms with van der Waals surface area (Å²) in [6.07, 6.45) is 0.587. The Kier molecular flexibility index (Phi) is 4.24. The monoisotopic (exact) mass is 278 g/mol. The summed E-state index contributed by atoms with van der Waals surface area (Å²) in [5.74, 6) is 0.541. The molecule has 0 heterocycles. The van der Waals surface area contributed by atoms with E-state index in [4.69, 9.17) is 28.9 Å². The number of nitrogens with zero attached hydrogens (tertiary/aromatic N) is 1. The van der Waals surface area contributed by atoms with Crippen molar-refractivity contribution in [1.82, 2.24) is 0 Å². The van der Waals surface area contributed by atoms with Gasteiger partial charge < -0.3 is 5.73 Å². The van der Waals surface area contributed by atoms with Crippen molar-refractivity contribution in [3.05, 3.63) is 64.1 Å². The van der Waals surface area contributed by atoms with E-state index in [0.29, 0.717) is 22.3 Å². The molecule has 0 aliphatic carbocycles. The number of nitrogens with two attached hydrogens (primary N) is 1. The van der Waals surface area contributed by atoms with Crippen LogP contribution in [0.3, 0.4) is 0 Å². The molecule has 0 atom stereocenters. The smallest absolute Gasteiger partial charge is 0.104 e. The fourth-order valence-electron chi connectivity index (χ4n) is 1.56.